The molecular weight excluding hydrogens is 195 g/mol. The Bertz CT molecular complexity index is 124. The molecule has 0 aromatic rings. The van der Waals surface area contributed by atoms with Crippen LogP contribution in [0.2, 0.25) is 0 Å². The summed E-state index contributed by atoms with van der Waals surface area (Å²) in [7, 11) is 5.75. The van der Waals surface area contributed by atoms with E-state index in [2.05, 4.69) is 30.3 Å². The molecule has 5 heteroatoms. The van der Waals surface area contributed by atoms with Crippen LogP contribution in [0.5, 0.6) is 0 Å². The molecule has 66 valence electrons. The molecule has 0 aromatic heterocycles. The van der Waals surface area contributed by atoms with Gasteiger partial charge in [-0.1, -0.05) is 25.2 Å². The first-order valence-corrected chi connectivity index (χ1v) is 7.14. The van der Waals surface area contributed by atoms with Crippen molar-refractivity contribution in [2.24, 2.45) is 5.92 Å². The summed E-state index contributed by atoms with van der Waals surface area (Å²) in [5, 5.41) is 3.22. The minimum Gasteiger partial charge on any atom is -0.354 e. The van der Waals surface area contributed by atoms with E-state index in [1.165, 1.54) is 12.8 Å². The maximum atomic E-state index is 5.59. The second-order valence-electron chi connectivity index (χ2n) is 3.12. The summed E-state index contributed by atoms with van der Waals surface area (Å²) in [6, 6.07) is 0.544. The molecule has 0 aliphatic heterocycles. The van der Waals surface area contributed by atoms with Crippen LogP contribution < -0.4 is 5.09 Å². The Hall–Kier alpha value is 1.21. The molecule has 0 saturated heterocycles. The average molecular weight is 211 g/mol. The van der Waals surface area contributed by atoms with Crippen LogP contribution in [0.15, 0.2) is 0 Å². The monoisotopic (exact) mass is 211 g/mol. The Morgan fingerprint density at radius 3 is 2.82 bits per heavy atom. The summed E-state index contributed by atoms with van der Waals surface area (Å²) in [4.78, 5) is 0. The quantitative estimate of drug-likeness (QED) is 0.720. The molecule has 1 aliphatic rings. The van der Waals surface area contributed by atoms with Gasteiger partial charge in [0.15, 0.2) is 0 Å². The Balaban J connectivity index is 2.37. The summed E-state index contributed by atoms with van der Waals surface area (Å²) in [5.41, 5.74) is 0. The lowest BCUT2D eigenvalue weighted by molar-refractivity contribution is 0.216. The third kappa shape index (κ3) is 2.87. The van der Waals surface area contributed by atoms with Gasteiger partial charge in [-0.25, -0.2) is 0 Å². The van der Waals surface area contributed by atoms with Crippen LogP contribution in [0, 0.1) is 5.92 Å². The number of nitrogens with one attached hydrogen (secondary N) is 1. The highest BCUT2D eigenvalue weighted by Gasteiger charge is 2.31. The second-order valence-corrected chi connectivity index (χ2v) is 4.64. The van der Waals surface area contributed by atoms with Crippen LogP contribution in [-0.4, -0.2) is 12.1 Å². The van der Waals surface area contributed by atoms with E-state index in [-0.39, 0.29) is 0 Å². The normalized spacial score (nSPS) is 39.0. The van der Waals surface area contributed by atoms with E-state index in [1.54, 1.807) is 0 Å². The van der Waals surface area contributed by atoms with Gasteiger partial charge in [-0.2, -0.15) is 0 Å². The largest absolute Gasteiger partial charge is 0.354 e. The molecule has 1 aliphatic carbocycles. The molecule has 1 rings (SSSR count). The van der Waals surface area contributed by atoms with Crippen LogP contribution in [0.3, 0.4) is 0 Å². The van der Waals surface area contributed by atoms with Crippen molar-refractivity contribution in [3.63, 3.8) is 0 Å². The van der Waals surface area contributed by atoms with Crippen LogP contribution >= 0.6 is 26.8 Å². The average Bonchev–Trinajstić information content (AvgIpc) is 2.32. The molecule has 1 saturated carbocycles. The highest BCUT2D eigenvalue weighted by molar-refractivity contribution is 8.00. The van der Waals surface area contributed by atoms with Gasteiger partial charge in [-0.15, -0.1) is 0 Å². The van der Waals surface area contributed by atoms with Crippen molar-refractivity contribution in [3.05, 3.63) is 0 Å². The highest BCUT2D eigenvalue weighted by atomic mass is 32.0. The molecule has 5 unspecified atom stereocenters. The first-order valence-electron chi connectivity index (χ1n) is 3.85. The fourth-order valence-electron chi connectivity index (χ4n) is 1.64. The molecule has 6 atom stereocenters. The lowest BCUT2D eigenvalue weighted by atomic mass is 10.1. The smallest absolute Gasteiger partial charge is 0.0776 e. The fraction of sp³-hybridized carbons (Fsp3) is 1.00. The molecule has 1 N–H and O–H groups in total. The van der Waals surface area contributed by atoms with Gasteiger partial charge in [0.1, 0.15) is 0 Å². The predicted octanol–water partition coefficient (Wildman–Crippen LogP) is 1.93. The van der Waals surface area contributed by atoms with Gasteiger partial charge in [0.2, 0.25) is 0 Å². The van der Waals surface area contributed by atoms with E-state index in [9.17, 15) is 0 Å². The zero-order chi connectivity index (χ0) is 8.27. The van der Waals surface area contributed by atoms with Crippen molar-refractivity contribution < 1.29 is 4.52 Å². The molecule has 2 nitrogen and oxygen atoms in total. The van der Waals surface area contributed by atoms with Gasteiger partial charge in [-0.05, 0) is 18.8 Å². The standard InChI is InChI=1S/C6H16NOP3/c1-4-2-5(7-9)6(3-4)8-11-10/h4-7,11H,2-3,9-10H2,1H3/t4?,5?,6-/m0/s1. The van der Waals surface area contributed by atoms with E-state index >= 15 is 0 Å². The Labute approximate surface area is 74.8 Å². The fourth-order valence-corrected chi connectivity index (χ4v) is 2.95. The zero-order valence-corrected chi connectivity index (χ0v) is 10.0. The van der Waals surface area contributed by atoms with Crippen LogP contribution in [0.4, 0.5) is 0 Å². The minimum atomic E-state index is 0.429. The van der Waals surface area contributed by atoms with E-state index in [4.69, 9.17) is 4.52 Å². The molecule has 11 heavy (non-hydrogen) atoms. The van der Waals surface area contributed by atoms with Gasteiger partial charge in [0.05, 0.1) is 6.10 Å². The van der Waals surface area contributed by atoms with Crippen LogP contribution in [-0.2, 0) is 4.52 Å². The molecule has 0 heterocycles. The summed E-state index contributed by atoms with van der Waals surface area (Å²) in [6.07, 6.45) is 2.87. The van der Waals surface area contributed by atoms with Crippen LogP contribution in [0.25, 0.3) is 0 Å². The van der Waals surface area contributed by atoms with Gasteiger partial charge in [0.25, 0.3) is 0 Å². The third-order valence-electron chi connectivity index (χ3n) is 2.17. The Kier molecular flexibility index (Phi) is 4.73. The summed E-state index contributed by atoms with van der Waals surface area (Å²) in [5.74, 6) is 0.805. The SMILES string of the molecule is CC1CC(NP)[C@@H](OPP)C1. The number of hydrogen-bond acceptors (Lipinski definition) is 2. The predicted molar refractivity (Wildman–Crippen MR) is 57.9 cm³/mol. The molecule has 1 fully saturated rings. The molecule has 0 amide bonds. The Morgan fingerprint density at radius 2 is 2.27 bits per heavy atom. The molecule has 0 bridgehead atoms. The maximum Gasteiger partial charge on any atom is 0.0776 e. The molecule has 0 aromatic carbocycles. The van der Waals surface area contributed by atoms with Crippen LogP contribution in [0.1, 0.15) is 19.8 Å². The van der Waals surface area contributed by atoms with E-state index < -0.39 is 0 Å². The summed E-state index contributed by atoms with van der Waals surface area (Å²) >= 11 is 0. The minimum absolute atomic E-state index is 0.429. The van der Waals surface area contributed by atoms with E-state index in [1.807, 2.05) is 0 Å². The third-order valence-corrected chi connectivity index (χ3v) is 3.45. The molecular formula is C6H16NOP3. The molecule has 0 radical (unpaired) electrons. The number of rotatable bonds is 3. The first kappa shape index (κ1) is 10.3. The van der Waals surface area contributed by atoms with E-state index in [0.29, 0.717) is 20.6 Å². The molecule has 0 spiro atoms. The lowest BCUT2D eigenvalue weighted by Crippen LogP contribution is -2.29. The van der Waals surface area contributed by atoms with Crippen molar-refractivity contribution >= 4 is 26.8 Å². The highest BCUT2D eigenvalue weighted by Crippen LogP contribution is 2.35. The topological polar surface area (TPSA) is 21.3 Å². The lowest BCUT2D eigenvalue weighted by Gasteiger charge is -2.17. The van der Waals surface area contributed by atoms with Crippen molar-refractivity contribution in [2.75, 3.05) is 0 Å². The maximum absolute atomic E-state index is 5.59. The van der Waals surface area contributed by atoms with Crippen molar-refractivity contribution in [3.8, 4) is 0 Å². The number of hydrogen-bond donors (Lipinski definition) is 1. The van der Waals surface area contributed by atoms with Gasteiger partial charge < -0.3 is 4.52 Å². The zero-order valence-electron chi connectivity index (χ0n) is 6.71. The van der Waals surface area contributed by atoms with Crippen molar-refractivity contribution in [2.45, 2.75) is 31.9 Å². The van der Waals surface area contributed by atoms with Gasteiger partial charge >= 0.3 is 0 Å². The summed E-state index contributed by atoms with van der Waals surface area (Å²) < 4.78 is 5.59. The Morgan fingerprint density at radius 1 is 1.55 bits per heavy atom. The summed E-state index contributed by atoms with van der Waals surface area (Å²) in [6.45, 7) is 2.28. The first-order chi connectivity index (χ1) is 5.27. The van der Waals surface area contributed by atoms with Gasteiger partial charge in [0, 0.05) is 14.5 Å². The van der Waals surface area contributed by atoms with Crippen molar-refractivity contribution in [1.29, 1.82) is 0 Å². The van der Waals surface area contributed by atoms with Gasteiger partial charge in [-0.3, -0.25) is 5.09 Å². The van der Waals surface area contributed by atoms with E-state index in [0.717, 1.165) is 5.92 Å². The van der Waals surface area contributed by atoms with Crippen molar-refractivity contribution in [1.82, 2.24) is 5.09 Å². The second kappa shape index (κ2) is 5.05.